The molecule has 172 valence electrons. The number of carbonyl (C=O) groups excluding carboxylic acids is 1. The van der Waals surface area contributed by atoms with Crippen molar-refractivity contribution < 1.29 is 4.79 Å². The Kier molecular flexibility index (Phi) is 7.03. The lowest BCUT2D eigenvalue weighted by Crippen LogP contribution is -2.35. The van der Waals surface area contributed by atoms with E-state index in [1.54, 1.807) is 0 Å². The summed E-state index contributed by atoms with van der Waals surface area (Å²) in [4.78, 5) is 24.0. The van der Waals surface area contributed by atoms with Crippen LogP contribution >= 0.6 is 0 Å². The van der Waals surface area contributed by atoms with Crippen LogP contribution in [-0.4, -0.2) is 22.4 Å². The minimum absolute atomic E-state index is 0.219. The Morgan fingerprint density at radius 3 is 2.18 bits per heavy atom. The SMILES string of the molecule is CCN(c1cccc(C)c1)c1ncnc(NNC(=O)C(c2ccccc2)c2ccccc2)c1N. The number of aromatic nitrogens is 2. The molecule has 0 spiro atoms. The Balaban J connectivity index is 1.58. The number of nitrogen functional groups attached to an aromatic ring is 1. The molecule has 4 rings (SSSR count). The first-order valence-electron chi connectivity index (χ1n) is 11.2. The second-order valence-corrected chi connectivity index (χ2v) is 7.91. The van der Waals surface area contributed by atoms with E-state index in [9.17, 15) is 4.79 Å². The predicted octanol–water partition coefficient (Wildman–Crippen LogP) is 4.80. The van der Waals surface area contributed by atoms with Gasteiger partial charge in [-0.2, -0.15) is 0 Å². The van der Waals surface area contributed by atoms with E-state index in [1.165, 1.54) is 6.33 Å². The summed E-state index contributed by atoms with van der Waals surface area (Å²) in [6, 6.07) is 27.4. The molecule has 0 aliphatic heterocycles. The Hall–Kier alpha value is -4.39. The molecule has 4 aromatic rings. The minimum Gasteiger partial charge on any atom is -0.393 e. The molecular weight excluding hydrogens is 424 g/mol. The lowest BCUT2D eigenvalue weighted by atomic mass is 9.91. The zero-order valence-electron chi connectivity index (χ0n) is 19.3. The number of amides is 1. The van der Waals surface area contributed by atoms with E-state index in [-0.39, 0.29) is 5.91 Å². The number of benzene rings is 3. The van der Waals surface area contributed by atoms with Crippen molar-refractivity contribution in [1.29, 1.82) is 0 Å². The van der Waals surface area contributed by atoms with Crippen LogP contribution in [0.15, 0.2) is 91.3 Å². The number of nitrogens with two attached hydrogens (primary N) is 1. The zero-order valence-corrected chi connectivity index (χ0v) is 19.3. The van der Waals surface area contributed by atoms with Gasteiger partial charge in [0, 0.05) is 12.2 Å². The first-order valence-corrected chi connectivity index (χ1v) is 11.2. The van der Waals surface area contributed by atoms with E-state index < -0.39 is 5.92 Å². The van der Waals surface area contributed by atoms with Gasteiger partial charge in [-0.1, -0.05) is 72.8 Å². The molecule has 1 amide bonds. The van der Waals surface area contributed by atoms with E-state index in [0.29, 0.717) is 23.9 Å². The largest absolute Gasteiger partial charge is 0.393 e. The van der Waals surface area contributed by atoms with E-state index >= 15 is 0 Å². The summed E-state index contributed by atoms with van der Waals surface area (Å²) in [5, 5.41) is 0. The van der Waals surface area contributed by atoms with Crippen molar-refractivity contribution in [3.8, 4) is 0 Å². The molecule has 0 radical (unpaired) electrons. The number of hydrazine groups is 1. The maximum absolute atomic E-state index is 13.3. The van der Waals surface area contributed by atoms with Crippen LogP contribution < -0.4 is 21.5 Å². The second kappa shape index (κ2) is 10.5. The molecule has 3 aromatic carbocycles. The van der Waals surface area contributed by atoms with Crippen LogP contribution in [0.1, 0.15) is 29.5 Å². The van der Waals surface area contributed by atoms with Crippen molar-refractivity contribution in [3.63, 3.8) is 0 Å². The van der Waals surface area contributed by atoms with Crippen molar-refractivity contribution in [2.45, 2.75) is 19.8 Å². The molecule has 0 saturated carbocycles. The molecule has 0 fully saturated rings. The fourth-order valence-corrected chi connectivity index (χ4v) is 3.93. The highest BCUT2D eigenvalue weighted by atomic mass is 16.2. The van der Waals surface area contributed by atoms with Crippen molar-refractivity contribution in [3.05, 3.63) is 108 Å². The summed E-state index contributed by atoms with van der Waals surface area (Å²) < 4.78 is 0. The molecule has 1 heterocycles. The number of rotatable bonds is 8. The molecule has 4 N–H and O–H groups in total. The lowest BCUT2D eigenvalue weighted by molar-refractivity contribution is -0.121. The van der Waals surface area contributed by atoms with E-state index in [0.717, 1.165) is 22.4 Å². The van der Waals surface area contributed by atoms with Crippen LogP contribution in [0.3, 0.4) is 0 Å². The molecule has 0 saturated heterocycles. The Bertz CT molecular complexity index is 1210. The molecular formula is C27H28N6O. The third-order valence-electron chi connectivity index (χ3n) is 5.58. The monoisotopic (exact) mass is 452 g/mol. The molecule has 0 unspecified atom stereocenters. The van der Waals surface area contributed by atoms with Gasteiger partial charge >= 0.3 is 0 Å². The quantitative estimate of drug-likeness (QED) is 0.332. The van der Waals surface area contributed by atoms with Gasteiger partial charge in [-0.3, -0.25) is 15.6 Å². The van der Waals surface area contributed by atoms with Gasteiger partial charge in [0.2, 0.25) is 5.91 Å². The van der Waals surface area contributed by atoms with Gasteiger partial charge in [0.1, 0.15) is 12.0 Å². The van der Waals surface area contributed by atoms with E-state index in [4.69, 9.17) is 5.73 Å². The average molecular weight is 453 g/mol. The van der Waals surface area contributed by atoms with Crippen LogP contribution in [0.5, 0.6) is 0 Å². The highest BCUT2D eigenvalue weighted by molar-refractivity contribution is 5.89. The molecule has 0 aliphatic rings. The number of anilines is 4. The summed E-state index contributed by atoms with van der Waals surface area (Å²) in [7, 11) is 0. The van der Waals surface area contributed by atoms with Gasteiger partial charge in [-0.05, 0) is 42.7 Å². The first-order chi connectivity index (χ1) is 16.6. The average Bonchev–Trinajstić information content (AvgIpc) is 2.86. The molecule has 34 heavy (non-hydrogen) atoms. The summed E-state index contributed by atoms with van der Waals surface area (Å²) in [6.07, 6.45) is 1.44. The topological polar surface area (TPSA) is 96.2 Å². The number of nitrogens with zero attached hydrogens (tertiary/aromatic N) is 3. The molecule has 0 atom stereocenters. The number of hydrogen-bond acceptors (Lipinski definition) is 6. The van der Waals surface area contributed by atoms with Crippen molar-refractivity contribution in [2.75, 3.05) is 22.6 Å². The van der Waals surface area contributed by atoms with Gasteiger partial charge in [-0.25, -0.2) is 9.97 Å². The Morgan fingerprint density at radius 2 is 1.59 bits per heavy atom. The Labute approximate surface area is 199 Å². The fraction of sp³-hybridized carbons (Fsp3) is 0.148. The highest BCUT2D eigenvalue weighted by Gasteiger charge is 2.23. The molecule has 0 aliphatic carbocycles. The number of carbonyl (C=O) groups is 1. The minimum atomic E-state index is -0.489. The summed E-state index contributed by atoms with van der Waals surface area (Å²) >= 11 is 0. The fourth-order valence-electron chi connectivity index (χ4n) is 3.93. The first kappa shape index (κ1) is 22.8. The summed E-state index contributed by atoms with van der Waals surface area (Å²) in [6.45, 7) is 4.74. The van der Waals surface area contributed by atoms with Crippen molar-refractivity contribution >= 4 is 28.9 Å². The second-order valence-electron chi connectivity index (χ2n) is 7.91. The molecule has 0 bridgehead atoms. The number of hydrogen-bond donors (Lipinski definition) is 3. The third kappa shape index (κ3) is 4.99. The Morgan fingerprint density at radius 1 is 0.941 bits per heavy atom. The van der Waals surface area contributed by atoms with Gasteiger partial charge in [0.25, 0.3) is 0 Å². The maximum Gasteiger partial charge on any atom is 0.250 e. The van der Waals surface area contributed by atoms with Gasteiger partial charge in [-0.15, -0.1) is 0 Å². The van der Waals surface area contributed by atoms with Crippen LogP contribution in [0, 0.1) is 6.92 Å². The lowest BCUT2D eigenvalue weighted by Gasteiger charge is -2.25. The normalized spacial score (nSPS) is 10.7. The van der Waals surface area contributed by atoms with Crippen LogP contribution in [0.4, 0.5) is 23.0 Å². The van der Waals surface area contributed by atoms with Crippen molar-refractivity contribution in [2.24, 2.45) is 0 Å². The van der Waals surface area contributed by atoms with Gasteiger partial charge in [0.15, 0.2) is 11.6 Å². The van der Waals surface area contributed by atoms with Crippen molar-refractivity contribution in [1.82, 2.24) is 15.4 Å². The van der Waals surface area contributed by atoms with Crippen LogP contribution in [0.25, 0.3) is 0 Å². The summed E-state index contributed by atoms with van der Waals surface area (Å²) in [5.41, 5.74) is 16.4. The van der Waals surface area contributed by atoms with E-state index in [1.807, 2.05) is 97.6 Å². The van der Waals surface area contributed by atoms with E-state index in [2.05, 4.69) is 26.9 Å². The van der Waals surface area contributed by atoms with Crippen LogP contribution in [-0.2, 0) is 4.79 Å². The highest BCUT2D eigenvalue weighted by Crippen LogP contribution is 2.32. The predicted molar refractivity (Wildman–Crippen MR) is 137 cm³/mol. The summed E-state index contributed by atoms with van der Waals surface area (Å²) in [5.74, 6) is 0.201. The number of aryl methyl sites for hydroxylation is 1. The molecule has 1 aromatic heterocycles. The van der Waals surface area contributed by atoms with Gasteiger partial charge < -0.3 is 10.6 Å². The smallest absolute Gasteiger partial charge is 0.250 e. The van der Waals surface area contributed by atoms with Crippen LogP contribution in [0.2, 0.25) is 0 Å². The molecule has 7 nitrogen and oxygen atoms in total. The zero-order chi connectivity index (χ0) is 23.9. The third-order valence-corrected chi connectivity index (χ3v) is 5.58. The maximum atomic E-state index is 13.3. The van der Waals surface area contributed by atoms with Gasteiger partial charge in [0.05, 0.1) is 5.92 Å². The number of nitrogens with one attached hydrogen (secondary N) is 2. The standard InChI is InChI=1S/C27H28N6O/c1-3-33(22-16-10-11-19(2)17-22)26-24(28)25(29-18-30-26)31-32-27(34)23(20-12-6-4-7-13-20)21-14-8-5-9-15-21/h4-18,23H,3,28H2,1-2H3,(H,32,34)(H,29,30,31). The molecule has 7 heteroatoms.